The molecular formula is C21H20N2O6. The van der Waals surface area contributed by atoms with Crippen LogP contribution in [0, 0.1) is 12.8 Å². The lowest BCUT2D eigenvalue weighted by molar-refractivity contribution is -0.151. The number of carbonyl (C=O) groups is 3. The number of esters is 1. The first kappa shape index (κ1) is 18.8. The molecule has 2 heterocycles. The van der Waals surface area contributed by atoms with Gasteiger partial charge in [0.05, 0.1) is 5.92 Å². The molecule has 2 aliphatic heterocycles. The Labute approximate surface area is 167 Å². The molecule has 2 amide bonds. The minimum absolute atomic E-state index is 0.0660. The van der Waals surface area contributed by atoms with Crippen molar-refractivity contribution < 1.29 is 28.6 Å². The summed E-state index contributed by atoms with van der Waals surface area (Å²) in [7, 11) is 0. The first-order chi connectivity index (χ1) is 14.0. The Morgan fingerprint density at radius 3 is 2.69 bits per heavy atom. The maximum atomic E-state index is 12.3. The van der Waals surface area contributed by atoms with E-state index in [1.807, 2.05) is 31.2 Å². The summed E-state index contributed by atoms with van der Waals surface area (Å²) in [6.07, 6.45) is 0.0660. The molecular weight excluding hydrogens is 376 g/mol. The van der Waals surface area contributed by atoms with Gasteiger partial charge in [-0.1, -0.05) is 17.7 Å². The van der Waals surface area contributed by atoms with Crippen molar-refractivity contribution in [3.63, 3.8) is 0 Å². The van der Waals surface area contributed by atoms with Crippen molar-refractivity contribution in [3.8, 4) is 11.5 Å². The molecule has 0 spiro atoms. The topological polar surface area (TPSA) is 94.2 Å². The summed E-state index contributed by atoms with van der Waals surface area (Å²) < 4.78 is 15.6. The molecule has 29 heavy (non-hydrogen) atoms. The first-order valence-electron chi connectivity index (χ1n) is 9.23. The summed E-state index contributed by atoms with van der Waals surface area (Å²) in [5.74, 6) is -0.618. The molecule has 2 aliphatic rings. The number of nitrogens with one attached hydrogen (secondary N) is 1. The van der Waals surface area contributed by atoms with Crippen LogP contribution in [0.3, 0.4) is 0 Å². The van der Waals surface area contributed by atoms with Crippen LogP contribution in [0.2, 0.25) is 0 Å². The fraction of sp³-hybridized carbons (Fsp3) is 0.286. The van der Waals surface area contributed by atoms with Crippen LogP contribution < -0.4 is 19.7 Å². The maximum absolute atomic E-state index is 12.3. The standard InChI is InChI=1S/C21H20N2O6/c1-13-2-5-16(6-3-13)23-10-14(8-20(23)25)21(26)27-11-19(24)22-15-4-7-17-18(9-15)29-12-28-17/h2-7,9,14H,8,10-12H2,1H3,(H,22,24)/t14-/m0/s1. The second-order valence-electron chi connectivity index (χ2n) is 6.96. The Hall–Kier alpha value is -3.55. The van der Waals surface area contributed by atoms with Crippen LogP contribution in [0.25, 0.3) is 0 Å². The summed E-state index contributed by atoms with van der Waals surface area (Å²) in [6, 6.07) is 12.5. The van der Waals surface area contributed by atoms with Crippen molar-refractivity contribution >= 4 is 29.2 Å². The van der Waals surface area contributed by atoms with Crippen molar-refractivity contribution in [2.24, 2.45) is 5.92 Å². The average molecular weight is 396 g/mol. The van der Waals surface area contributed by atoms with Crippen LogP contribution in [0.15, 0.2) is 42.5 Å². The maximum Gasteiger partial charge on any atom is 0.311 e. The number of ether oxygens (including phenoxy) is 3. The zero-order valence-corrected chi connectivity index (χ0v) is 15.8. The third-order valence-electron chi connectivity index (χ3n) is 4.81. The number of rotatable bonds is 5. The van der Waals surface area contributed by atoms with Gasteiger partial charge in [-0.3, -0.25) is 14.4 Å². The zero-order valence-electron chi connectivity index (χ0n) is 15.8. The fourth-order valence-corrected chi connectivity index (χ4v) is 3.27. The molecule has 1 saturated heterocycles. The average Bonchev–Trinajstić information content (AvgIpc) is 3.33. The minimum atomic E-state index is -0.595. The van der Waals surface area contributed by atoms with Crippen LogP contribution >= 0.6 is 0 Å². The van der Waals surface area contributed by atoms with E-state index in [-0.39, 0.29) is 25.7 Å². The van der Waals surface area contributed by atoms with Gasteiger partial charge in [0.15, 0.2) is 18.1 Å². The van der Waals surface area contributed by atoms with E-state index in [1.165, 1.54) is 0 Å². The number of nitrogens with zero attached hydrogens (tertiary/aromatic N) is 1. The lowest BCUT2D eigenvalue weighted by atomic mass is 10.1. The van der Waals surface area contributed by atoms with Crippen LogP contribution in [-0.2, 0) is 19.1 Å². The Balaban J connectivity index is 1.29. The van der Waals surface area contributed by atoms with Gasteiger partial charge >= 0.3 is 5.97 Å². The highest BCUT2D eigenvalue weighted by atomic mass is 16.7. The van der Waals surface area contributed by atoms with Gasteiger partial charge in [-0.25, -0.2) is 0 Å². The van der Waals surface area contributed by atoms with Gasteiger partial charge in [0.2, 0.25) is 12.7 Å². The molecule has 0 bridgehead atoms. The molecule has 8 heteroatoms. The Bertz CT molecular complexity index is 956. The third-order valence-corrected chi connectivity index (χ3v) is 4.81. The van der Waals surface area contributed by atoms with Crippen LogP contribution in [0.4, 0.5) is 11.4 Å². The van der Waals surface area contributed by atoms with E-state index in [9.17, 15) is 14.4 Å². The normalized spacial score (nSPS) is 17.3. The molecule has 4 rings (SSSR count). The predicted octanol–water partition coefficient (Wildman–Crippen LogP) is 2.26. The fourth-order valence-electron chi connectivity index (χ4n) is 3.27. The monoisotopic (exact) mass is 396 g/mol. The quantitative estimate of drug-likeness (QED) is 0.779. The number of amides is 2. The van der Waals surface area contributed by atoms with Gasteiger partial charge in [0.1, 0.15) is 0 Å². The van der Waals surface area contributed by atoms with Crippen LogP contribution in [0.1, 0.15) is 12.0 Å². The van der Waals surface area contributed by atoms with Crippen molar-refractivity contribution in [3.05, 3.63) is 48.0 Å². The molecule has 0 saturated carbocycles. The molecule has 8 nitrogen and oxygen atoms in total. The van der Waals surface area contributed by atoms with E-state index in [0.29, 0.717) is 17.2 Å². The van der Waals surface area contributed by atoms with Crippen LogP contribution in [0.5, 0.6) is 11.5 Å². The number of benzene rings is 2. The summed E-state index contributed by atoms with van der Waals surface area (Å²) in [4.78, 5) is 38.2. The molecule has 1 N–H and O–H groups in total. The largest absolute Gasteiger partial charge is 0.455 e. The van der Waals surface area contributed by atoms with E-state index in [1.54, 1.807) is 23.1 Å². The van der Waals surface area contributed by atoms with Gasteiger partial charge in [-0.05, 0) is 31.2 Å². The Kier molecular flexibility index (Phi) is 5.07. The van der Waals surface area contributed by atoms with E-state index >= 15 is 0 Å². The highest BCUT2D eigenvalue weighted by Gasteiger charge is 2.36. The molecule has 0 aromatic heterocycles. The SMILES string of the molecule is Cc1ccc(N2C[C@@H](C(=O)OCC(=O)Nc3ccc4c(c3)OCO4)CC2=O)cc1. The van der Waals surface area contributed by atoms with E-state index < -0.39 is 24.4 Å². The molecule has 2 aromatic carbocycles. The molecule has 1 fully saturated rings. The van der Waals surface area contributed by atoms with Gasteiger partial charge in [-0.15, -0.1) is 0 Å². The molecule has 150 valence electrons. The smallest absolute Gasteiger partial charge is 0.311 e. The van der Waals surface area contributed by atoms with Gasteiger partial charge in [0.25, 0.3) is 5.91 Å². The van der Waals surface area contributed by atoms with Gasteiger partial charge < -0.3 is 24.4 Å². The Morgan fingerprint density at radius 2 is 1.90 bits per heavy atom. The molecule has 0 aliphatic carbocycles. The number of hydrogen-bond donors (Lipinski definition) is 1. The van der Waals surface area contributed by atoms with E-state index in [0.717, 1.165) is 11.3 Å². The number of fused-ring (bicyclic) bond motifs is 1. The predicted molar refractivity (Wildman–Crippen MR) is 104 cm³/mol. The zero-order chi connectivity index (χ0) is 20.4. The number of aryl methyl sites for hydroxylation is 1. The highest BCUT2D eigenvalue weighted by molar-refractivity contribution is 6.00. The van der Waals surface area contributed by atoms with Crippen LogP contribution in [-0.4, -0.2) is 37.7 Å². The van der Waals surface area contributed by atoms with Crippen molar-refractivity contribution in [2.45, 2.75) is 13.3 Å². The van der Waals surface area contributed by atoms with Crippen molar-refractivity contribution in [1.82, 2.24) is 0 Å². The number of carbonyl (C=O) groups excluding carboxylic acids is 3. The number of hydrogen-bond acceptors (Lipinski definition) is 6. The summed E-state index contributed by atoms with van der Waals surface area (Å²) >= 11 is 0. The van der Waals surface area contributed by atoms with Crippen molar-refractivity contribution in [1.29, 1.82) is 0 Å². The summed E-state index contributed by atoms with van der Waals surface area (Å²) in [5, 5.41) is 2.64. The van der Waals surface area contributed by atoms with E-state index in [4.69, 9.17) is 14.2 Å². The molecule has 1 atom stereocenters. The third kappa shape index (κ3) is 4.16. The summed E-state index contributed by atoms with van der Waals surface area (Å²) in [5.41, 5.74) is 2.35. The lowest BCUT2D eigenvalue weighted by Crippen LogP contribution is -2.28. The van der Waals surface area contributed by atoms with Gasteiger partial charge in [-0.2, -0.15) is 0 Å². The second kappa shape index (κ2) is 7.83. The highest BCUT2D eigenvalue weighted by Crippen LogP contribution is 2.34. The first-order valence-corrected chi connectivity index (χ1v) is 9.23. The van der Waals surface area contributed by atoms with E-state index in [2.05, 4.69) is 5.32 Å². The molecule has 0 unspecified atom stereocenters. The van der Waals surface area contributed by atoms with Gasteiger partial charge in [0, 0.05) is 30.4 Å². The number of anilines is 2. The lowest BCUT2D eigenvalue weighted by Gasteiger charge is -2.16. The second-order valence-corrected chi connectivity index (χ2v) is 6.96. The van der Waals surface area contributed by atoms with Crippen molar-refractivity contribution in [2.75, 3.05) is 30.2 Å². The summed E-state index contributed by atoms with van der Waals surface area (Å²) in [6.45, 7) is 1.92. The molecule has 2 aromatic rings. The Morgan fingerprint density at radius 1 is 1.14 bits per heavy atom. The molecule has 0 radical (unpaired) electrons. The minimum Gasteiger partial charge on any atom is -0.455 e.